The van der Waals surface area contributed by atoms with E-state index in [0.717, 1.165) is 0 Å². The van der Waals surface area contributed by atoms with Gasteiger partial charge in [-0.2, -0.15) is 5.26 Å². The average molecular weight is 429 g/mol. The zero-order chi connectivity index (χ0) is 22.1. The molecular weight excluding hydrogens is 406 g/mol. The molecule has 0 heterocycles. The molecule has 8 nitrogen and oxygen atoms in total. The molecule has 0 saturated carbocycles. The van der Waals surface area contributed by atoms with Gasteiger partial charge in [-0.1, -0.05) is 32.0 Å². The van der Waals surface area contributed by atoms with Crippen LogP contribution in [0.5, 0.6) is 0 Å². The highest BCUT2D eigenvalue weighted by Gasteiger charge is 2.18. The highest BCUT2D eigenvalue weighted by molar-refractivity contribution is 7.91. The fraction of sp³-hybridized carbons (Fsp3) is 0.286. The first-order valence-corrected chi connectivity index (χ1v) is 11.0. The van der Waals surface area contributed by atoms with Gasteiger partial charge in [-0.25, -0.2) is 13.2 Å². The lowest BCUT2D eigenvalue weighted by molar-refractivity contribution is -0.113. The Bertz CT molecular complexity index is 1040. The number of nitrogens with one attached hydrogen (secondary N) is 2. The van der Waals surface area contributed by atoms with Crippen molar-refractivity contribution in [3.05, 3.63) is 59.7 Å². The smallest absolute Gasteiger partial charge is 0.411 e. The summed E-state index contributed by atoms with van der Waals surface area (Å²) in [6.45, 7) is 4.11. The molecule has 9 heteroatoms. The quantitative estimate of drug-likeness (QED) is 0.663. The van der Waals surface area contributed by atoms with Crippen molar-refractivity contribution in [2.75, 3.05) is 23.0 Å². The molecule has 2 N–H and O–H groups in total. The number of ether oxygens (including phenoxy) is 1. The van der Waals surface area contributed by atoms with Crippen molar-refractivity contribution in [3.63, 3.8) is 0 Å². The van der Waals surface area contributed by atoms with Crippen LogP contribution in [-0.2, 0) is 25.1 Å². The molecule has 0 unspecified atom stereocenters. The minimum Gasteiger partial charge on any atom is -0.449 e. The maximum absolute atomic E-state index is 12.3. The largest absolute Gasteiger partial charge is 0.449 e. The number of benzene rings is 2. The van der Waals surface area contributed by atoms with Gasteiger partial charge in [-0.15, -0.1) is 0 Å². The molecule has 0 saturated heterocycles. The fourth-order valence-corrected chi connectivity index (χ4v) is 3.72. The number of hydrogen-bond donors (Lipinski definition) is 2. The number of hydrogen-bond acceptors (Lipinski definition) is 6. The summed E-state index contributed by atoms with van der Waals surface area (Å²) in [6.07, 6.45) is -0.614. The topological polar surface area (TPSA) is 125 Å². The van der Waals surface area contributed by atoms with Gasteiger partial charge in [0.1, 0.15) is 5.75 Å². The lowest BCUT2D eigenvalue weighted by Crippen LogP contribution is -2.24. The van der Waals surface area contributed by atoms with Gasteiger partial charge in [0.15, 0.2) is 9.84 Å². The van der Waals surface area contributed by atoms with E-state index in [1.54, 1.807) is 30.3 Å². The third kappa shape index (κ3) is 7.93. The number of carbonyl (C=O) groups is 2. The van der Waals surface area contributed by atoms with Gasteiger partial charge >= 0.3 is 6.09 Å². The maximum Gasteiger partial charge on any atom is 0.411 e. The Hall–Kier alpha value is -3.38. The van der Waals surface area contributed by atoms with E-state index in [1.807, 2.05) is 19.9 Å². The maximum atomic E-state index is 12.3. The predicted molar refractivity (Wildman–Crippen MR) is 114 cm³/mol. The highest BCUT2D eigenvalue weighted by atomic mass is 32.2. The van der Waals surface area contributed by atoms with Gasteiger partial charge in [0, 0.05) is 11.4 Å². The molecule has 2 rings (SSSR count). The van der Waals surface area contributed by atoms with Crippen LogP contribution in [0.3, 0.4) is 0 Å². The molecule has 158 valence electrons. The summed E-state index contributed by atoms with van der Waals surface area (Å²) in [6, 6.07) is 14.4. The molecule has 0 aromatic heterocycles. The van der Waals surface area contributed by atoms with Crippen LogP contribution in [-0.4, -0.2) is 32.8 Å². The van der Waals surface area contributed by atoms with Crippen molar-refractivity contribution in [1.82, 2.24) is 0 Å². The first-order chi connectivity index (χ1) is 14.2. The van der Waals surface area contributed by atoms with E-state index in [2.05, 4.69) is 10.6 Å². The zero-order valence-electron chi connectivity index (χ0n) is 16.7. The van der Waals surface area contributed by atoms with E-state index in [4.69, 9.17) is 10.00 Å². The van der Waals surface area contributed by atoms with E-state index in [1.165, 1.54) is 18.2 Å². The molecule has 0 atom stereocenters. The van der Waals surface area contributed by atoms with Crippen LogP contribution in [0.4, 0.5) is 16.2 Å². The minimum atomic E-state index is -3.70. The first kappa shape index (κ1) is 22.9. The molecular formula is C21H23N3O5S. The number of anilines is 2. The summed E-state index contributed by atoms with van der Waals surface area (Å²) < 4.78 is 29.6. The average Bonchev–Trinajstić information content (AvgIpc) is 2.66. The molecule has 0 aliphatic heterocycles. The van der Waals surface area contributed by atoms with Crippen LogP contribution in [0, 0.1) is 17.2 Å². The summed E-state index contributed by atoms with van der Waals surface area (Å²) >= 11 is 0. The lowest BCUT2D eigenvalue weighted by Gasteiger charge is -2.11. The number of sulfone groups is 1. The molecule has 0 spiro atoms. The number of nitrogens with zero attached hydrogens (tertiary/aromatic N) is 1. The Kier molecular flexibility index (Phi) is 7.95. The molecule has 0 radical (unpaired) electrons. The second kappa shape index (κ2) is 10.4. The molecule has 30 heavy (non-hydrogen) atoms. The summed E-state index contributed by atoms with van der Waals surface area (Å²) in [5.41, 5.74) is 1.67. The van der Waals surface area contributed by atoms with Crippen molar-refractivity contribution in [3.8, 4) is 6.07 Å². The van der Waals surface area contributed by atoms with E-state index in [0.29, 0.717) is 22.5 Å². The van der Waals surface area contributed by atoms with Gasteiger partial charge in [0.05, 0.1) is 24.0 Å². The normalized spacial score (nSPS) is 10.9. The zero-order valence-corrected chi connectivity index (χ0v) is 17.5. The summed E-state index contributed by atoms with van der Waals surface area (Å²) in [5, 5.41) is 13.8. The van der Waals surface area contributed by atoms with Gasteiger partial charge in [0.25, 0.3) is 0 Å². The van der Waals surface area contributed by atoms with E-state index >= 15 is 0 Å². The van der Waals surface area contributed by atoms with Gasteiger partial charge in [-0.05, 0) is 41.8 Å². The van der Waals surface area contributed by atoms with Crippen LogP contribution < -0.4 is 10.6 Å². The number of rotatable bonds is 8. The van der Waals surface area contributed by atoms with Crippen molar-refractivity contribution >= 4 is 33.2 Å². The third-order valence-electron chi connectivity index (χ3n) is 3.76. The Balaban J connectivity index is 1.93. The van der Waals surface area contributed by atoms with Crippen LogP contribution in [0.15, 0.2) is 48.5 Å². The SMILES string of the molecule is CC(C)COC(=O)Nc1cccc(NC(=O)CS(=O)(=O)Cc2ccc(C#N)cc2)c1. The standard InChI is InChI=1S/C21H23N3O5S/c1-15(2)12-29-21(26)24-19-5-3-4-18(10-19)23-20(25)14-30(27,28)13-17-8-6-16(11-22)7-9-17/h3-10,15H,12-14H2,1-2H3,(H,23,25)(H,24,26). The Morgan fingerprint density at radius 1 is 1.07 bits per heavy atom. The molecule has 0 aliphatic rings. The number of carbonyl (C=O) groups excluding carboxylic acids is 2. The Morgan fingerprint density at radius 2 is 1.70 bits per heavy atom. The predicted octanol–water partition coefficient (Wildman–Crippen LogP) is 3.32. The second-order valence-corrected chi connectivity index (χ2v) is 9.15. The monoisotopic (exact) mass is 429 g/mol. The summed E-state index contributed by atoms with van der Waals surface area (Å²) in [7, 11) is -3.70. The van der Waals surface area contributed by atoms with Crippen molar-refractivity contribution < 1.29 is 22.7 Å². The molecule has 2 amide bonds. The molecule has 0 aliphatic carbocycles. The van der Waals surface area contributed by atoms with Crippen molar-refractivity contribution in [2.45, 2.75) is 19.6 Å². The van der Waals surface area contributed by atoms with Crippen molar-refractivity contribution in [1.29, 1.82) is 5.26 Å². The second-order valence-electron chi connectivity index (χ2n) is 7.09. The summed E-state index contributed by atoms with van der Waals surface area (Å²) in [5.74, 6) is -1.49. The third-order valence-corrected chi connectivity index (χ3v) is 5.24. The van der Waals surface area contributed by atoms with Crippen LogP contribution in [0.1, 0.15) is 25.0 Å². The fourth-order valence-electron chi connectivity index (χ4n) is 2.45. The van der Waals surface area contributed by atoms with Crippen LogP contribution in [0.2, 0.25) is 0 Å². The van der Waals surface area contributed by atoms with Gasteiger partial charge in [0.2, 0.25) is 5.91 Å². The van der Waals surface area contributed by atoms with E-state index in [9.17, 15) is 18.0 Å². The van der Waals surface area contributed by atoms with Gasteiger partial charge < -0.3 is 10.1 Å². The Morgan fingerprint density at radius 3 is 2.30 bits per heavy atom. The van der Waals surface area contributed by atoms with Crippen molar-refractivity contribution in [2.24, 2.45) is 5.92 Å². The number of amides is 2. The molecule has 2 aromatic rings. The molecule has 0 fully saturated rings. The van der Waals surface area contributed by atoms with E-state index < -0.39 is 27.6 Å². The molecule has 0 bridgehead atoms. The lowest BCUT2D eigenvalue weighted by atomic mass is 10.2. The Labute approximate surface area is 175 Å². The summed E-state index contributed by atoms with van der Waals surface area (Å²) in [4.78, 5) is 23.9. The first-order valence-electron chi connectivity index (χ1n) is 9.20. The molecule has 2 aromatic carbocycles. The number of nitriles is 1. The van der Waals surface area contributed by atoms with Crippen LogP contribution in [0.25, 0.3) is 0 Å². The highest BCUT2D eigenvalue weighted by Crippen LogP contribution is 2.16. The van der Waals surface area contributed by atoms with Gasteiger partial charge in [-0.3, -0.25) is 10.1 Å². The minimum absolute atomic E-state index is 0.201. The van der Waals surface area contributed by atoms with E-state index in [-0.39, 0.29) is 18.3 Å². The van der Waals surface area contributed by atoms with Crippen LogP contribution >= 0.6 is 0 Å².